The van der Waals surface area contributed by atoms with Gasteiger partial charge in [-0.3, -0.25) is 19.2 Å². The number of hydrogen-bond donors (Lipinski definition) is 1. The van der Waals surface area contributed by atoms with Crippen molar-refractivity contribution < 1.29 is 47.3 Å². The Hall–Kier alpha value is -3.38. The van der Waals surface area contributed by atoms with Crippen LogP contribution in [0.2, 0.25) is 18.1 Å². The van der Waals surface area contributed by atoms with Crippen molar-refractivity contribution in [3.05, 3.63) is 29.8 Å². The average Bonchev–Trinajstić information content (AvgIpc) is 2.82. The number of rotatable bonds is 13. The Labute approximate surface area is 237 Å². The minimum atomic E-state index is -2.10. The van der Waals surface area contributed by atoms with Gasteiger partial charge in [-0.25, -0.2) is 0 Å². The van der Waals surface area contributed by atoms with Crippen molar-refractivity contribution in [3.63, 3.8) is 0 Å². The Morgan fingerprint density at radius 3 is 1.90 bits per heavy atom. The van der Waals surface area contributed by atoms with Gasteiger partial charge in [-0.05, 0) is 48.8 Å². The second-order valence-electron chi connectivity index (χ2n) is 10.7. The van der Waals surface area contributed by atoms with Gasteiger partial charge in [0.25, 0.3) is 8.32 Å². The van der Waals surface area contributed by atoms with Crippen molar-refractivity contribution >= 4 is 38.2 Å². The van der Waals surface area contributed by atoms with Gasteiger partial charge in [-0.15, -0.1) is 0 Å². The molecule has 11 nitrogen and oxygen atoms in total. The fourth-order valence-corrected chi connectivity index (χ4v) is 4.40. The maximum atomic E-state index is 12.8. The third-order valence-corrected chi connectivity index (χ3v) is 10.7. The molecule has 0 aliphatic rings. The highest BCUT2D eigenvalue weighted by atomic mass is 28.4. The predicted molar refractivity (Wildman–Crippen MR) is 151 cm³/mol. The summed E-state index contributed by atoms with van der Waals surface area (Å²) < 4.78 is 33.1. The van der Waals surface area contributed by atoms with Crippen LogP contribution in [-0.4, -0.2) is 70.9 Å². The number of methoxy groups -OCH3 is 2. The Kier molecular flexibility index (Phi) is 12.9. The van der Waals surface area contributed by atoms with Crippen molar-refractivity contribution in [1.82, 2.24) is 5.32 Å². The second kappa shape index (κ2) is 14.8. The van der Waals surface area contributed by atoms with E-state index in [9.17, 15) is 19.2 Å². The van der Waals surface area contributed by atoms with E-state index in [0.29, 0.717) is 17.1 Å². The molecule has 1 aromatic carbocycles. The summed E-state index contributed by atoms with van der Waals surface area (Å²) in [7, 11) is 0.720. The maximum Gasteiger partial charge on any atom is 0.303 e. The number of benzene rings is 1. The fraction of sp³-hybridized carbons (Fsp3) is 0.571. The standard InChI is InChI=1S/C28H43NO10Si/c1-17(36-18(2)30)25(37-19(3)31)26(38-20(4)32)27(35-9)29-24(33)15-13-21-12-14-22(23(16-21)34-8)39-40(10,11)28(5,6)7/h12-17,25-27H,1-11H3,(H,29,33)/b15-13+. The molecule has 1 amide bonds. The predicted octanol–water partition coefficient (Wildman–Crippen LogP) is 4.00. The summed E-state index contributed by atoms with van der Waals surface area (Å²) in [6.07, 6.45) is -2.04. The second-order valence-corrected chi connectivity index (χ2v) is 15.5. The summed E-state index contributed by atoms with van der Waals surface area (Å²) in [5.74, 6) is -1.51. The molecule has 0 spiro atoms. The van der Waals surface area contributed by atoms with Crippen LogP contribution in [0.5, 0.6) is 11.5 Å². The monoisotopic (exact) mass is 581 g/mol. The highest BCUT2D eigenvalue weighted by Gasteiger charge is 2.41. The van der Waals surface area contributed by atoms with E-state index < -0.39 is 56.7 Å². The first-order valence-corrected chi connectivity index (χ1v) is 15.7. The largest absolute Gasteiger partial charge is 0.541 e. The fourth-order valence-electron chi connectivity index (χ4n) is 3.38. The van der Waals surface area contributed by atoms with Gasteiger partial charge in [0.15, 0.2) is 24.2 Å². The quantitative estimate of drug-likeness (QED) is 0.120. The summed E-state index contributed by atoms with van der Waals surface area (Å²) in [5, 5.41) is 2.59. The number of hydrogen-bond acceptors (Lipinski definition) is 10. The lowest BCUT2D eigenvalue weighted by Crippen LogP contribution is -2.55. The van der Waals surface area contributed by atoms with Gasteiger partial charge in [0.05, 0.1) is 7.11 Å². The van der Waals surface area contributed by atoms with Gasteiger partial charge >= 0.3 is 17.9 Å². The summed E-state index contributed by atoms with van der Waals surface area (Å²) in [6, 6.07) is 5.34. The summed E-state index contributed by atoms with van der Waals surface area (Å²) in [6.45, 7) is 15.7. The molecule has 0 radical (unpaired) electrons. The lowest BCUT2D eigenvalue weighted by atomic mass is 10.1. The first-order chi connectivity index (χ1) is 18.4. The van der Waals surface area contributed by atoms with Crippen LogP contribution in [0, 0.1) is 0 Å². The molecule has 0 saturated heterocycles. The average molecular weight is 582 g/mol. The number of carbonyl (C=O) groups excluding carboxylic acids is 4. The van der Waals surface area contributed by atoms with Crippen LogP contribution >= 0.6 is 0 Å². The van der Waals surface area contributed by atoms with Crippen molar-refractivity contribution in [2.24, 2.45) is 0 Å². The molecule has 0 aliphatic carbocycles. The van der Waals surface area contributed by atoms with Gasteiger partial charge in [0, 0.05) is 34.0 Å². The number of amides is 1. The lowest BCUT2D eigenvalue weighted by Gasteiger charge is -2.36. The maximum absolute atomic E-state index is 12.8. The molecule has 0 fully saturated rings. The van der Waals surface area contributed by atoms with Crippen molar-refractivity contribution in [1.29, 1.82) is 0 Å². The number of ether oxygens (including phenoxy) is 5. The van der Waals surface area contributed by atoms with Gasteiger partial charge in [-0.2, -0.15) is 0 Å². The van der Waals surface area contributed by atoms with Crippen LogP contribution in [0.3, 0.4) is 0 Å². The van der Waals surface area contributed by atoms with E-state index in [1.54, 1.807) is 31.4 Å². The SMILES string of the molecule is COc1cc(/C=C/C(=O)NC(OC)C(OC(C)=O)C(OC(C)=O)C(C)OC(C)=O)ccc1O[Si](C)(C)C(C)(C)C. The van der Waals surface area contributed by atoms with Crippen LogP contribution in [0.15, 0.2) is 24.3 Å². The zero-order valence-corrected chi connectivity index (χ0v) is 26.3. The molecule has 40 heavy (non-hydrogen) atoms. The molecule has 1 rings (SSSR count). The molecule has 4 unspecified atom stereocenters. The van der Waals surface area contributed by atoms with Crippen molar-refractivity contribution in [3.8, 4) is 11.5 Å². The molecule has 12 heteroatoms. The Morgan fingerprint density at radius 1 is 0.875 bits per heavy atom. The minimum absolute atomic E-state index is 0.000971. The highest BCUT2D eigenvalue weighted by molar-refractivity contribution is 6.74. The molecular weight excluding hydrogens is 538 g/mol. The van der Waals surface area contributed by atoms with Crippen molar-refractivity contribution in [2.45, 2.75) is 91.1 Å². The topological polar surface area (TPSA) is 136 Å². The Bertz CT molecular complexity index is 1080. The molecule has 0 heterocycles. The number of carbonyl (C=O) groups is 4. The molecule has 1 aromatic rings. The molecule has 0 bridgehead atoms. The molecule has 1 N–H and O–H groups in total. The van der Waals surface area contributed by atoms with E-state index in [1.165, 1.54) is 27.0 Å². The van der Waals surface area contributed by atoms with Crippen LogP contribution in [0.25, 0.3) is 6.08 Å². The van der Waals surface area contributed by atoms with Crippen LogP contribution in [0.4, 0.5) is 0 Å². The number of esters is 3. The first-order valence-electron chi connectivity index (χ1n) is 12.8. The summed E-state index contributed by atoms with van der Waals surface area (Å²) in [4.78, 5) is 48.0. The zero-order valence-electron chi connectivity index (χ0n) is 25.3. The zero-order chi connectivity index (χ0) is 30.8. The Balaban J connectivity index is 3.18. The van der Waals surface area contributed by atoms with Crippen molar-refractivity contribution in [2.75, 3.05) is 14.2 Å². The Morgan fingerprint density at radius 2 is 1.43 bits per heavy atom. The van der Waals surface area contributed by atoms with Gasteiger partial charge in [0.1, 0.15) is 11.9 Å². The molecular formula is C28H43NO10Si. The summed E-state index contributed by atoms with van der Waals surface area (Å²) in [5.41, 5.74) is 0.668. The number of nitrogens with one attached hydrogen (secondary N) is 1. The van der Waals surface area contributed by atoms with E-state index >= 15 is 0 Å². The van der Waals surface area contributed by atoms with E-state index in [0.717, 1.165) is 13.8 Å². The van der Waals surface area contributed by atoms with E-state index in [2.05, 4.69) is 39.2 Å². The summed E-state index contributed by atoms with van der Waals surface area (Å²) >= 11 is 0. The molecule has 4 atom stereocenters. The van der Waals surface area contributed by atoms with E-state index in [1.807, 2.05) is 0 Å². The molecule has 224 valence electrons. The lowest BCUT2D eigenvalue weighted by molar-refractivity contribution is -0.195. The minimum Gasteiger partial charge on any atom is -0.541 e. The van der Waals surface area contributed by atoms with Crippen LogP contribution in [0.1, 0.15) is 54.0 Å². The third kappa shape index (κ3) is 10.6. The van der Waals surface area contributed by atoms with Gasteiger partial charge in [0.2, 0.25) is 5.91 Å². The highest BCUT2D eigenvalue weighted by Crippen LogP contribution is 2.40. The van der Waals surface area contributed by atoms with Crippen LogP contribution < -0.4 is 14.5 Å². The smallest absolute Gasteiger partial charge is 0.303 e. The molecule has 0 saturated carbocycles. The molecule has 0 aliphatic heterocycles. The van der Waals surface area contributed by atoms with Gasteiger partial charge < -0.3 is 33.4 Å². The van der Waals surface area contributed by atoms with E-state index in [4.69, 9.17) is 28.1 Å². The van der Waals surface area contributed by atoms with Crippen LogP contribution in [-0.2, 0) is 38.1 Å². The third-order valence-electron chi connectivity index (χ3n) is 6.37. The normalized spacial score (nSPS) is 14.9. The van der Waals surface area contributed by atoms with Gasteiger partial charge in [-0.1, -0.05) is 26.8 Å². The first kappa shape index (κ1) is 34.6. The van der Waals surface area contributed by atoms with E-state index in [-0.39, 0.29) is 5.04 Å². The molecule has 0 aromatic heterocycles.